The van der Waals surface area contributed by atoms with Crippen LogP contribution in [0.3, 0.4) is 0 Å². The number of benzene rings is 2. The monoisotopic (exact) mass is 413 g/mol. The average molecular weight is 413 g/mol. The highest BCUT2D eigenvalue weighted by Gasteiger charge is 2.22. The lowest BCUT2D eigenvalue weighted by Crippen LogP contribution is -2.49. The van der Waals surface area contributed by atoms with E-state index in [0.29, 0.717) is 31.7 Å². The molecule has 1 aliphatic rings. The first-order valence-corrected chi connectivity index (χ1v) is 10.3. The van der Waals surface area contributed by atoms with Crippen LogP contribution < -0.4 is 9.80 Å². The summed E-state index contributed by atoms with van der Waals surface area (Å²) in [7, 11) is 0. The van der Waals surface area contributed by atoms with Gasteiger partial charge < -0.3 is 19.4 Å². The Labute approximate surface area is 176 Å². The van der Waals surface area contributed by atoms with Gasteiger partial charge in [0.15, 0.2) is 6.61 Å². The predicted octanol–water partition coefficient (Wildman–Crippen LogP) is 3.18. The van der Waals surface area contributed by atoms with E-state index in [0.717, 1.165) is 24.5 Å². The number of anilines is 2. The third-order valence-corrected chi connectivity index (χ3v) is 5.38. The van der Waals surface area contributed by atoms with Gasteiger partial charge in [-0.25, -0.2) is 9.18 Å². The largest absolute Gasteiger partial charge is 0.452 e. The van der Waals surface area contributed by atoms with Gasteiger partial charge in [-0.3, -0.25) is 4.79 Å². The molecule has 0 radical (unpaired) electrons. The van der Waals surface area contributed by atoms with Gasteiger partial charge in [-0.15, -0.1) is 0 Å². The fraction of sp³-hybridized carbons (Fsp3) is 0.391. The second-order valence-corrected chi connectivity index (χ2v) is 7.14. The van der Waals surface area contributed by atoms with Crippen molar-refractivity contribution >= 4 is 23.3 Å². The normalized spacial score (nSPS) is 13.8. The van der Waals surface area contributed by atoms with E-state index in [9.17, 15) is 14.0 Å². The molecule has 3 rings (SSSR count). The zero-order valence-electron chi connectivity index (χ0n) is 17.5. The van der Waals surface area contributed by atoms with Gasteiger partial charge in [0.2, 0.25) is 0 Å². The van der Waals surface area contributed by atoms with Crippen molar-refractivity contribution in [1.29, 1.82) is 0 Å². The molecule has 0 bridgehead atoms. The van der Waals surface area contributed by atoms with Crippen LogP contribution >= 0.6 is 0 Å². The molecule has 6 nitrogen and oxygen atoms in total. The van der Waals surface area contributed by atoms with Crippen molar-refractivity contribution < 1.29 is 18.7 Å². The molecule has 0 N–H and O–H groups in total. The minimum atomic E-state index is -0.501. The Morgan fingerprint density at radius 1 is 0.933 bits per heavy atom. The second-order valence-electron chi connectivity index (χ2n) is 7.14. The summed E-state index contributed by atoms with van der Waals surface area (Å²) < 4.78 is 18.3. The number of carbonyl (C=O) groups excluding carboxylic acids is 2. The van der Waals surface area contributed by atoms with Crippen LogP contribution in [0.4, 0.5) is 15.8 Å². The van der Waals surface area contributed by atoms with Crippen LogP contribution in [-0.4, -0.2) is 62.7 Å². The average Bonchev–Trinajstić information content (AvgIpc) is 2.79. The SMILES string of the molecule is CCN(CC)c1ccc(C(=O)OCC(=O)N2CCN(c3ccc(F)cc3)CC2)cc1. The molecule has 1 amide bonds. The molecule has 0 saturated carbocycles. The maximum absolute atomic E-state index is 13.1. The van der Waals surface area contributed by atoms with Crippen molar-refractivity contribution in [2.75, 3.05) is 55.7 Å². The van der Waals surface area contributed by atoms with Crippen molar-refractivity contribution in [3.8, 4) is 0 Å². The molecule has 2 aromatic carbocycles. The molecule has 0 aliphatic carbocycles. The highest BCUT2D eigenvalue weighted by atomic mass is 19.1. The van der Waals surface area contributed by atoms with Gasteiger partial charge >= 0.3 is 5.97 Å². The van der Waals surface area contributed by atoms with Gasteiger partial charge in [-0.1, -0.05) is 0 Å². The standard InChI is InChI=1S/C23H28FN3O3/c1-3-25(4-2)20-9-5-18(6-10-20)23(29)30-17-22(28)27-15-13-26(14-16-27)21-11-7-19(24)8-12-21/h5-12H,3-4,13-17H2,1-2H3. The number of esters is 1. The number of rotatable bonds is 7. The topological polar surface area (TPSA) is 53.1 Å². The quantitative estimate of drug-likeness (QED) is 0.653. The van der Waals surface area contributed by atoms with Gasteiger partial charge in [0.25, 0.3) is 5.91 Å². The first-order valence-electron chi connectivity index (χ1n) is 10.3. The Hall–Kier alpha value is -3.09. The molecule has 2 aromatic rings. The van der Waals surface area contributed by atoms with Gasteiger partial charge in [0.1, 0.15) is 5.82 Å². The Morgan fingerprint density at radius 3 is 2.10 bits per heavy atom. The van der Waals surface area contributed by atoms with Crippen molar-refractivity contribution in [2.24, 2.45) is 0 Å². The summed E-state index contributed by atoms with van der Waals surface area (Å²) in [6.45, 7) is 8.04. The number of ether oxygens (including phenoxy) is 1. The van der Waals surface area contributed by atoms with E-state index in [1.807, 2.05) is 12.1 Å². The fourth-order valence-corrected chi connectivity index (χ4v) is 3.56. The number of amides is 1. The highest BCUT2D eigenvalue weighted by Crippen LogP contribution is 2.18. The Morgan fingerprint density at radius 2 is 1.53 bits per heavy atom. The van der Waals surface area contributed by atoms with Gasteiger partial charge in [-0.05, 0) is 62.4 Å². The molecule has 1 aliphatic heterocycles. The van der Waals surface area contributed by atoms with Gasteiger partial charge in [0, 0.05) is 50.6 Å². The highest BCUT2D eigenvalue weighted by molar-refractivity contribution is 5.91. The van der Waals surface area contributed by atoms with Crippen molar-refractivity contribution in [2.45, 2.75) is 13.8 Å². The third-order valence-electron chi connectivity index (χ3n) is 5.38. The van der Waals surface area contributed by atoms with Crippen LogP contribution in [0.5, 0.6) is 0 Å². The van der Waals surface area contributed by atoms with E-state index in [2.05, 4.69) is 23.6 Å². The van der Waals surface area contributed by atoms with Crippen molar-refractivity contribution in [3.05, 3.63) is 59.9 Å². The maximum Gasteiger partial charge on any atom is 0.338 e. The third kappa shape index (κ3) is 5.28. The molecular weight excluding hydrogens is 385 g/mol. The summed E-state index contributed by atoms with van der Waals surface area (Å²) in [5, 5.41) is 0. The van der Waals surface area contributed by atoms with Crippen LogP contribution in [0, 0.1) is 5.82 Å². The number of piperazine rings is 1. The number of hydrogen-bond donors (Lipinski definition) is 0. The van der Waals surface area contributed by atoms with Crippen molar-refractivity contribution in [3.63, 3.8) is 0 Å². The van der Waals surface area contributed by atoms with E-state index >= 15 is 0 Å². The van der Waals surface area contributed by atoms with Crippen LogP contribution in [0.2, 0.25) is 0 Å². The van der Waals surface area contributed by atoms with Crippen LogP contribution in [0.1, 0.15) is 24.2 Å². The van der Waals surface area contributed by atoms with E-state index in [4.69, 9.17) is 4.74 Å². The molecule has 0 aromatic heterocycles. The summed E-state index contributed by atoms with van der Waals surface area (Å²) in [5.74, 6) is -0.974. The van der Waals surface area contributed by atoms with Crippen LogP contribution in [0.25, 0.3) is 0 Å². The predicted molar refractivity (Wildman–Crippen MR) is 115 cm³/mol. The molecule has 30 heavy (non-hydrogen) atoms. The van der Waals surface area contributed by atoms with E-state index in [1.165, 1.54) is 12.1 Å². The Bertz CT molecular complexity index is 843. The first kappa shape index (κ1) is 21.6. The summed E-state index contributed by atoms with van der Waals surface area (Å²) >= 11 is 0. The molecule has 1 fully saturated rings. The molecule has 160 valence electrons. The molecule has 0 unspecified atom stereocenters. The molecule has 1 saturated heterocycles. The molecule has 0 atom stereocenters. The summed E-state index contributed by atoms with van der Waals surface area (Å²) in [6, 6.07) is 13.6. The smallest absolute Gasteiger partial charge is 0.338 e. The minimum absolute atomic E-state index is 0.207. The molecule has 1 heterocycles. The number of halogens is 1. The zero-order valence-corrected chi connectivity index (χ0v) is 17.5. The van der Waals surface area contributed by atoms with E-state index in [-0.39, 0.29) is 18.3 Å². The lowest BCUT2D eigenvalue weighted by molar-refractivity contribution is -0.134. The lowest BCUT2D eigenvalue weighted by atomic mass is 10.2. The zero-order chi connectivity index (χ0) is 21.5. The number of nitrogens with zero attached hydrogens (tertiary/aromatic N) is 3. The molecule has 0 spiro atoms. The Balaban J connectivity index is 1.46. The lowest BCUT2D eigenvalue weighted by Gasteiger charge is -2.36. The van der Waals surface area contributed by atoms with E-state index < -0.39 is 5.97 Å². The number of hydrogen-bond acceptors (Lipinski definition) is 5. The minimum Gasteiger partial charge on any atom is -0.452 e. The van der Waals surface area contributed by atoms with Crippen LogP contribution in [-0.2, 0) is 9.53 Å². The summed E-state index contributed by atoms with van der Waals surface area (Å²) in [5.41, 5.74) is 2.41. The molecular formula is C23H28FN3O3. The Kier molecular flexibility index (Phi) is 7.27. The summed E-state index contributed by atoms with van der Waals surface area (Å²) in [6.07, 6.45) is 0. The van der Waals surface area contributed by atoms with Gasteiger partial charge in [-0.2, -0.15) is 0 Å². The first-order chi connectivity index (χ1) is 14.5. The number of carbonyl (C=O) groups is 2. The van der Waals surface area contributed by atoms with Gasteiger partial charge in [0.05, 0.1) is 5.56 Å². The maximum atomic E-state index is 13.1. The van der Waals surface area contributed by atoms with Crippen molar-refractivity contribution in [1.82, 2.24) is 4.90 Å². The molecule has 7 heteroatoms. The summed E-state index contributed by atoms with van der Waals surface area (Å²) in [4.78, 5) is 30.7. The second kappa shape index (κ2) is 10.1. The van der Waals surface area contributed by atoms with Crippen LogP contribution in [0.15, 0.2) is 48.5 Å². The fourth-order valence-electron chi connectivity index (χ4n) is 3.56. The van der Waals surface area contributed by atoms with E-state index in [1.54, 1.807) is 29.2 Å².